The lowest BCUT2D eigenvalue weighted by molar-refractivity contribution is -0.0700. The van der Waals surface area contributed by atoms with Gasteiger partial charge in [0.05, 0.1) is 29.1 Å². The van der Waals surface area contributed by atoms with Crippen molar-refractivity contribution in [2.75, 3.05) is 44.4 Å². The largest absolute Gasteiger partial charge is 0.478 e. The summed E-state index contributed by atoms with van der Waals surface area (Å²) in [7, 11) is 0. The van der Waals surface area contributed by atoms with Crippen LogP contribution in [0.4, 0.5) is 5.82 Å². The van der Waals surface area contributed by atoms with Crippen molar-refractivity contribution in [3.63, 3.8) is 0 Å². The third-order valence-electron chi connectivity index (χ3n) is 7.79. The summed E-state index contributed by atoms with van der Waals surface area (Å²) >= 11 is 5.91. The number of piperazine rings is 1. The molecule has 5 heterocycles. The predicted molar refractivity (Wildman–Crippen MR) is 147 cm³/mol. The summed E-state index contributed by atoms with van der Waals surface area (Å²) in [6.45, 7) is 6.40. The first-order valence-corrected chi connectivity index (χ1v) is 13.8. The number of hydrogen-bond donors (Lipinski definition) is 1. The monoisotopic (exact) mass is 549 g/mol. The third-order valence-corrected chi connectivity index (χ3v) is 8.01. The summed E-state index contributed by atoms with van der Waals surface area (Å²) in [5.41, 5.74) is 3.51. The number of anilines is 1. The van der Waals surface area contributed by atoms with Crippen LogP contribution in [-0.4, -0.2) is 76.4 Å². The summed E-state index contributed by atoms with van der Waals surface area (Å²) in [5.74, 6) is 0.602. The van der Waals surface area contributed by atoms with Crippen molar-refractivity contribution in [3.05, 3.63) is 82.1 Å². The van der Waals surface area contributed by atoms with Crippen LogP contribution in [0.3, 0.4) is 0 Å². The van der Waals surface area contributed by atoms with E-state index in [1.807, 2.05) is 36.4 Å². The smallest absolute Gasteiger partial charge is 0.335 e. The number of ether oxygens (including phenoxy) is 2. The van der Waals surface area contributed by atoms with Gasteiger partial charge in [0.25, 0.3) is 0 Å². The molecule has 1 aromatic carbocycles. The van der Waals surface area contributed by atoms with Gasteiger partial charge < -0.3 is 19.5 Å². The molecule has 2 fully saturated rings. The first-order valence-electron chi connectivity index (χ1n) is 13.4. The van der Waals surface area contributed by atoms with Crippen LogP contribution in [-0.2, 0) is 17.9 Å². The summed E-state index contributed by atoms with van der Waals surface area (Å²) in [4.78, 5) is 27.8. The van der Waals surface area contributed by atoms with Gasteiger partial charge in [-0.1, -0.05) is 23.7 Å². The molecule has 0 amide bonds. The second kappa shape index (κ2) is 11.5. The number of rotatable bonds is 9. The van der Waals surface area contributed by atoms with E-state index in [4.69, 9.17) is 26.1 Å². The highest BCUT2D eigenvalue weighted by atomic mass is 35.5. The molecule has 3 aliphatic heterocycles. The number of carboxylic acid groups (broad SMARTS) is 1. The standard InChI is InChI=1S/C29H32ClN5O4/c30-22-6-7-23(31-16-22)18-39-28-3-1-2-27(32-28)34-11-9-33(10-12-34)19-35-17-21-5-4-20(29(36)37)14-25(21)26(35)15-24-8-13-38-24/h1-7,14,16,24,26H,8-13,15,17-19H2,(H,36,37)/t24?,26-/m0/s1. The van der Waals surface area contributed by atoms with E-state index in [0.29, 0.717) is 23.1 Å². The molecule has 0 aliphatic carbocycles. The highest BCUT2D eigenvalue weighted by Crippen LogP contribution is 2.39. The summed E-state index contributed by atoms with van der Waals surface area (Å²) < 4.78 is 11.6. The lowest BCUT2D eigenvalue weighted by Crippen LogP contribution is -2.50. The van der Waals surface area contributed by atoms with E-state index in [0.717, 1.165) is 75.9 Å². The molecular formula is C29H32ClN5O4. The molecular weight excluding hydrogens is 518 g/mol. The van der Waals surface area contributed by atoms with Crippen LogP contribution >= 0.6 is 11.6 Å². The normalized spacial score (nSPS) is 21.4. The number of carboxylic acids is 1. The fourth-order valence-corrected chi connectivity index (χ4v) is 5.64. The van der Waals surface area contributed by atoms with Crippen LogP contribution in [0, 0.1) is 0 Å². The Morgan fingerprint density at radius 1 is 1.13 bits per heavy atom. The maximum atomic E-state index is 11.6. The second-order valence-corrected chi connectivity index (χ2v) is 10.8. The molecule has 3 aliphatic rings. The van der Waals surface area contributed by atoms with Crippen LogP contribution in [0.1, 0.15) is 46.1 Å². The van der Waals surface area contributed by atoms with Crippen molar-refractivity contribution < 1.29 is 19.4 Å². The topological polar surface area (TPSA) is 91.3 Å². The van der Waals surface area contributed by atoms with Gasteiger partial charge in [0.15, 0.2) is 0 Å². The summed E-state index contributed by atoms with van der Waals surface area (Å²) in [6, 6.07) is 15.2. The van der Waals surface area contributed by atoms with Crippen molar-refractivity contribution >= 4 is 23.4 Å². The maximum absolute atomic E-state index is 11.6. The van der Waals surface area contributed by atoms with Gasteiger partial charge in [0.2, 0.25) is 5.88 Å². The van der Waals surface area contributed by atoms with Gasteiger partial charge in [-0.3, -0.25) is 14.8 Å². The lowest BCUT2D eigenvalue weighted by atomic mass is 9.95. The predicted octanol–water partition coefficient (Wildman–Crippen LogP) is 4.22. The Bertz CT molecular complexity index is 1310. The Hall–Kier alpha value is -3.24. The zero-order chi connectivity index (χ0) is 26.8. The van der Waals surface area contributed by atoms with Gasteiger partial charge >= 0.3 is 5.97 Å². The van der Waals surface area contributed by atoms with Crippen LogP contribution in [0.2, 0.25) is 5.02 Å². The molecule has 0 radical (unpaired) electrons. The average Bonchev–Trinajstić information content (AvgIpc) is 3.26. The Morgan fingerprint density at radius 2 is 1.97 bits per heavy atom. The van der Waals surface area contributed by atoms with E-state index in [-0.39, 0.29) is 12.1 Å². The highest BCUT2D eigenvalue weighted by Gasteiger charge is 2.36. The van der Waals surface area contributed by atoms with Gasteiger partial charge in [0.1, 0.15) is 12.4 Å². The van der Waals surface area contributed by atoms with Gasteiger partial charge in [0, 0.05) is 57.6 Å². The quantitative estimate of drug-likeness (QED) is 0.421. The number of nitrogens with zero attached hydrogens (tertiary/aromatic N) is 5. The minimum atomic E-state index is -0.879. The Balaban J connectivity index is 1.06. The number of pyridine rings is 2. The molecule has 2 aromatic heterocycles. The minimum Gasteiger partial charge on any atom is -0.478 e. The van der Waals surface area contributed by atoms with Crippen LogP contribution in [0.5, 0.6) is 5.88 Å². The fraction of sp³-hybridized carbons (Fsp3) is 0.414. The number of fused-ring (bicyclic) bond motifs is 1. The molecule has 0 saturated carbocycles. The van der Waals surface area contributed by atoms with E-state index in [9.17, 15) is 9.90 Å². The molecule has 1 N–H and O–H groups in total. The van der Waals surface area contributed by atoms with E-state index < -0.39 is 5.97 Å². The zero-order valence-electron chi connectivity index (χ0n) is 21.7. The average molecular weight is 550 g/mol. The number of halogens is 1. The van der Waals surface area contributed by atoms with E-state index >= 15 is 0 Å². The number of benzene rings is 1. The summed E-state index contributed by atoms with van der Waals surface area (Å²) in [6.07, 6.45) is 3.84. The minimum absolute atomic E-state index is 0.174. The molecule has 1 unspecified atom stereocenters. The van der Waals surface area contributed by atoms with Gasteiger partial charge in [-0.05, 0) is 54.3 Å². The molecule has 6 rings (SSSR count). The Morgan fingerprint density at radius 3 is 2.69 bits per heavy atom. The van der Waals surface area contributed by atoms with Crippen molar-refractivity contribution in [1.82, 2.24) is 19.8 Å². The van der Waals surface area contributed by atoms with Crippen LogP contribution < -0.4 is 9.64 Å². The highest BCUT2D eigenvalue weighted by molar-refractivity contribution is 6.30. The first-order chi connectivity index (χ1) is 19.0. The number of hydrogen-bond acceptors (Lipinski definition) is 8. The zero-order valence-corrected chi connectivity index (χ0v) is 22.5. The number of carbonyl (C=O) groups is 1. The molecule has 10 heteroatoms. The second-order valence-electron chi connectivity index (χ2n) is 10.3. The molecule has 204 valence electrons. The van der Waals surface area contributed by atoms with E-state index in [1.165, 1.54) is 5.56 Å². The molecule has 3 aromatic rings. The molecule has 2 saturated heterocycles. The lowest BCUT2D eigenvalue weighted by Gasteiger charge is -2.39. The van der Waals surface area contributed by atoms with Gasteiger partial charge in [-0.25, -0.2) is 4.79 Å². The van der Waals surface area contributed by atoms with Crippen molar-refractivity contribution in [2.45, 2.75) is 38.1 Å². The molecule has 9 nitrogen and oxygen atoms in total. The van der Waals surface area contributed by atoms with E-state index in [2.05, 4.69) is 19.7 Å². The molecule has 0 bridgehead atoms. The summed E-state index contributed by atoms with van der Waals surface area (Å²) in [5, 5.41) is 10.1. The van der Waals surface area contributed by atoms with Crippen LogP contribution in [0.25, 0.3) is 0 Å². The first kappa shape index (κ1) is 26.0. The third kappa shape index (κ3) is 6.01. The maximum Gasteiger partial charge on any atom is 0.335 e. The van der Waals surface area contributed by atoms with Crippen molar-refractivity contribution in [2.24, 2.45) is 0 Å². The molecule has 0 spiro atoms. The molecule has 2 atom stereocenters. The SMILES string of the molecule is O=C(O)c1ccc2c(c1)[C@H](CC1CCO1)N(CN1CCN(c3cccc(OCc4ccc(Cl)cn4)n3)CC1)C2. The van der Waals surface area contributed by atoms with Crippen molar-refractivity contribution in [3.8, 4) is 5.88 Å². The number of aromatic carboxylic acids is 1. The van der Waals surface area contributed by atoms with Crippen molar-refractivity contribution in [1.29, 1.82) is 0 Å². The van der Waals surface area contributed by atoms with E-state index in [1.54, 1.807) is 18.3 Å². The Labute approximate surface area is 232 Å². The van der Waals surface area contributed by atoms with Crippen LogP contribution in [0.15, 0.2) is 54.7 Å². The van der Waals surface area contributed by atoms with Gasteiger partial charge in [-0.15, -0.1) is 0 Å². The fourth-order valence-electron chi connectivity index (χ4n) is 5.53. The Kier molecular flexibility index (Phi) is 7.65. The number of aromatic nitrogens is 2. The van der Waals surface area contributed by atoms with Gasteiger partial charge in [-0.2, -0.15) is 4.98 Å². The molecule has 39 heavy (non-hydrogen) atoms.